The third kappa shape index (κ3) is 4.25. The molecule has 1 N–H and O–H groups in total. The van der Waals surface area contributed by atoms with E-state index < -0.39 is 0 Å². The van der Waals surface area contributed by atoms with E-state index in [0.717, 1.165) is 11.3 Å². The fourth-order valence-electron chi connectivity index (χ4n) is 2.28. The molecule has 0 aliphatic rings. The summed E-state index contributed by atoms with van der Waals surface area (Å²) in [6.45, 7) is 6.75. The molecule has 0 saturated carbocycles. The molecule has 0 saturated heterocycles. The first-order valence-corrected chi connectivity index (χ1v) is 6.96. The Hall–Kier alpha value is -1.18. The summed E-state index contributed by atoms with van der Waals surface area (Å²) >= 11 is 0. The molecule has 2 atom stereocenters. The lowest BCUT2D eigenvalue weighted by atomic mass is 9.85. The maximum Gasteiger partial charge on any atom is 0.122 e. The van der Waals surface area contributed by atoms with Crippen molar-refractivity contribution in [3.05, 3.63) is 23.8 Å². The molecule has 0 aromatic heterocycles. The van der Waals surface area contributed by atoms with Crippen molar-refractivity contribution in [1.29, 1.82) is 0 Å². The van der Waals surface area contributed by atoms with E-state index in [4.69, 9.17) is 4.74 Å². The van der Waals surface area contributed by atoms with Crippen molar-refractivity contribution in [1.82, 2.24) is 0 Å². The maximum atomic E-state index is 9.69. The van der Waals surface area contributed by atoms with Crippen LogP contribution in [0.5, 0.6) is 11.5 Å². The van der Waals surface area contributed by atoms with Gasteiger partial charge in [-0.05, 0) is 29.5 Å². The van der Waals surface area contributed by atoms with Crippen LogP contribution < -0.4 is 4.74 Å². The maximum absolute atomic E-state index is 9.69. The number of hydrogen-bond donors (Lipinski definition) is 1. The molecule has 0 spiro atoms. The van der Waals surface area contributed by atoms with Gasteiger partial charge in [-0.1, -0.05) is 46.5 Å². The van der Waals surface area contributed by atoms with E-state index in [0.29, 0.717) is 11.8 Å². The fraction of sp³-hybridized carbons (Fsp3) is 0.625. The SMILES string of the molecule is CCCCCC(C)C(C)c1cc(O)cc(OC)c1. The van der Waals surface area contributed by atoms with Crippen LogP contribution in [0.2, 0.25) is 0 Å². The van der Waals surface area contributed by atoms with Crippen LogP contribution in [-0.2, 0) is 0 Å². The van der Waals surface area contributed by atoms with E-state index in [2.05, 4.69) is 20.8 Å². The number of unbranched alkanes of at least 4 members (excludes halogenated alkanes) is 2. The smallest absolute Gasteiger partial charge is 0.122 e. The molecule has 0 aliphatic carbocycles. The minimum Gasteiger partial charge on any atom is -0.508 e. The van der Waals surface area contributed by atoms with Crippen molar-refractivity contribution in [3.8, 4) is 11.5 Å². The van der Waals surface area contributed by atoms with E-state index >= 15 is 0 Å². The molecule has 0 aliphatic heterocycles. The van der Waals surface area contributed by atoms with Gasteiger partial charge in [0.05, 0.1) is 7.11 Å². The molecule has 1 rings (SSSR count). The molecule has 2 heteroatoms. The summed E-state index contributed by atoms with van der Waals surface area (Å²) < 4.78 is 5.20. The molecular weight excluding hydrogens is 224 g/mol. The number of aromatic hydroxyl groups is 1. The highest BCUT2D eigenvalue weighted by atomic mass is 16.5. The zero-order valence-corrected chi connectivity index (χ0v) is 12.1. The molecule has 1 aromatic rings. The Balaban J connectivity index is 2.70. The van der Waals surface area contributed by atoms with Gasteiger partial charge in [0.2, 0.25) is 0 Å². The molecule has 102 valence electrons. The van der Waals surface area contributed by atoms with Crippen LogP contribution in [0.1, 0.15) is 57.9 Å². The van der Waals surface area contributed by atoms with E-state index in [1.807, 2.05) is 12.1 Å². The van der Waals surface area contributed by atoms with Crippen molar-refractivity contribution < 1.29 is 9.84 Å². The summed E-state index contributed by atoms with van der Waals surface area (Å²) in [6, 6.07) is 5.53. The Bertz CT molecular complexity index is 360. The lowest BCUT2D eigenvalue weighted by molar-refractivity contribution is 0.400. The molecule has 0 amide bonds. The highest BCUT2D eigenvalue weighted by molar-refractivity contribution is 5.39. The summed E-state index contributed by atoms with van der Waals surface area (Å²) in [5, 5.41) is 9.69. The number of ether oxygens (including phenoxy) is 1. The predicted molar refractivity (Wildman–Crippen MR) is 76.4 cm³/mol. The zero-order chi connectivity index (χ0) is 13.5. The third-order valence-electron chi connectivity index (χ3n) is 3.79. The minimum atomic E-state index is 0.289. The van der Waals surface area contributed by atoms with E-state index in [9.17, 15) is 5.11 Å². The highest BCUT2D eigenvalue weighted by Crippen LogP contribution is 2.32. The first kappa shape index (κ1) is 14.9. The molecule has 2 unspecified atom stereocenters. The van der Waals surface area contributed by atoms with Gasteiger partial charge in [-0.3, -0.25) is 0 Å². The summed E-state index contributed by atoms with van der Waals surface area (Å²) in [5.41, 5.74) is 1.16. The summed E-state index contributed by atoms with van der Waals surface area (Å²) in [6.07, 6.45) is 5.10. The number of methoxy groups -OCH3 is 1. The van der Waals surface area contributed by atoms with Gasteiger partial charge in [-0.25, -0.2) is 0 Å². The van der Waals surface area contributed by atoms with Crippen LogP contribution in [0, 0.1) is 5.92 Å². The summed E-state index contributed by atoms with van der Waals surface area (Å²) in [4.78, 5) is 0. The minimum absolute atomic E-state index is 0.289. The van der Waals surface area contributed by atoms with Gasteiger partial charge in [-0.15, -0.1) is 0 Å². The average molecular weight is 250 g/mol. The molecular formula is C16H26O2. The quantitative estimate of drug-likeness (QED) is 0.709. The first-order valence-electron chi connectivity index (χ1n) is 6.96. The van der Waals surface area contributed by atoms with Crippen molar-refractivity contribution in [2.75, 3.05) is 7.11 Å². The monoisotopic (exact) mass is 250 g/mol. The Kier molecular flexibility index (Phi) is 6.03. The topological polar surface area (TPSA) is 29.5 Å². The second kappa shape index (κ2) is 7.30. The molecule has 1 aromatic carbocycles. The number of hydrogen-bond acceptors (Lipinski definition) is 2. The second-order valence-corrected chi connectivity index (χ2v) is 5.23. The number of benzene rings is 1. The first-order chi connectivity index (χ1) is 8.58. The van der Waals surface area contributed by atoms with E-state index in [-0.39, 0.29) is 5.75 Å². The van der Waals surface area contributed by atoms with Crippen LogP contribution in [0.15, 0.2) is 18.2 Å². The van der Waals surface area contributed by atoms with Gasteiger partial charge in [0.25, 0.3) is 0 Å². The molecule has 0 bridgehead atoms. The van der Waals surface area contributed by atoms with Crippen LogP contribution in [0.3, 0.4) is 0 Å². The van der Waals surface area contributed by atoms with Crippen LogP contribution in [0.25, 0.3) is 0 Å². The average Bonchev–Trinajstić information content (AvgIpc) is 2.37. The van der Waals surface area contributed by atoms with Gasteiger partial charge in [0.1, 0.15) is 11.5 Å². The Morgan fingerprint density at radius 2 is 1.89 bits per heavy atom. The normalized spacial score (nSPS) is 14.2. The standard InChI is InChI=1S/C16H26O2/c1-5-6-7-8-12(2)13(3)14-9-15(17)11-16(10-14)18-4/h9-13,17H,5-8H2,1-4H3. The van der Waals surface area contributed by atoms with E-state index in [1.165, 1.54) is 25.7 Å². The highest BCUT2D eigenvalue weighted by Gasteiger charge is 2.15. The summed E-state index contributed by atoms with van der Waals surface area (Å²) in [7, 11) is 1.63. The van der Waals surface area contributed by atoms with Gasteiger partial charge >= 0.3 is 0 Å². The Labute approximate surface area is 111 Å². The lowest BCUT2D eigenvalue weighted by Crippen LogP contribution is -2.06. The zero-order valence-electron chi connectivity index (χ0n) is 12.1. The van der Waals surface area contributed by atoms with Crippen molar-refractivity contribution in [3.63, 3.8) is 0 Å². The molecule has 0 heterocycles. The lowest BCUT2D eigenvalue weighted by Gasteiger charge is -2.21. The van der Waals surface area contributed by atoms with Gasteiger partial charge in [-0.2, -0.15) is 0 Å². The number of phenols is 1. The Morgan fingerprint density at radius 3 is 2.50 bits per heavy atom. The molecule has 0 fully saturated rings. The third-order valence-corrected chi connectivity index (χ3v) is 3.79. The number of phenolic OH excluding ortho intramolecular Hbond substituents is 1. The van der Waals surface area contributed by atoms with Crippen LogP contribution in [-0.4, -0.2) is 12.2 Å². The van der Waals surface area contributed by atoms with Crippen molar-refractivity contribution >= 4 is 0 Å². The van der Waals surface area contributed by atoms with E-state index in [1.54, 1.807) is 13.2 Å². The number of rotatable bonds is 7. The van der Waals surface area contributed by atoms with Crippen LogP contribution >= 0.6 is 0 Å². The second-order valence-electron chi connectivity index (χ2n) is 5.23. The van der Waals surface area contributed by atoms with Gasteiger partial charge in [0.15, 0.2) is 0 Å². The predicted octanol–water partition coefficient (Wildman–Crippen LogP) is 4.72. The largest absolute Gasteiger partial charge is 0.508 e. The molecule has 2 nitrogen and oxygen atoms in total. The summed E-state index contributed by atoms with van der Waals surface area (Å²) in [5.74, 6) is 2.10. The Morgan fingerprint density at radius 1 is 1.17 bits per heavy atom. The van der Waals surface area contributed by atoms with Crippen LogP contribution in [0.4, 0.5) is 0 Å². The fourth-order valence-corrected chi connectivity index (χ4v) is 2.28. The van der Waals surface area contributed by atoms with Crippen molar-refractivity contribution in [2.45, 2.75) is 52.4 Å². The molecule has 0 radical (unpaired) electrons. The van der Waals surface area contributed by atoms with Gasteiger partial charge in [0, 0.05) is 6.07 Å². The molecule has 18 heavy (non-hydrogen) atoms. The van der Waals surface area contributed by atoms with Gasteiger partial charge < -0.3 is 9.84 Å². The van der Waals surface area contributed by atoms with Crippen molar-refractivity contribution in [2.24, 2.45) is 5.92 Å².